The molecule has 0 fully saturated rings. The number of imidazole rings is 1. The SMILES string of the molecule is CCOC(=O)[C@@]1(c2nccn2C)CN=C(Nc2c3c(cc4c2CCC4)CCC3)O1. The molecule has 0 saturated carbocycles. The van der Waals surface area contributed by atoms with E-state index in [0.29, 0.717) is 11.8 Å². The zero-order valence-electron chi connectivity index (χ0n) is 17.0. The largest absolute Gasteiger partial charge is 0.463 e. The highest BCUT2D eigenvalue weighted by atomic mass is 16.6. The van der Waals surface area contributed by atoms with Crippen molar-refractivity contribution in [2.75, 3.05) is 18.5 Å². The van der Waals surface area contributed by atoms with Crippen LogP contribution in [0.4, 0.5) is 5.69 Å². The lowest BCUT2D eigenvalue weighted by atomic mass is 9.99. The molecule has 1 aromatic heterocycles. The molecule has 7 heteroatoms. The van der Waals surface area contributed by atoms with E-state index in [9.17, 15) is 4.79 Å². The number of anilines is 1. The number of rotatable bonds is 4. The average molecular weight is 394 g/mol. The number of nitrogens with zero attached hydrogens (tertiary/aromatic N) is 3. The van der Waals surface area contributed by atoms with E-state index in [1.54, 1.807) is 23.9 Å². The molecule has 29 heavy (non-hydrogen) atoms. The highest BCUT2D eigenvalue weighted by Gasteiger charge is 2.52. The molecule has 0 bridgehead atoms. The minimum Gasteiger partial charge on any atom is -0.463 e. The maximum Gasteiger partial charge on any atom is 0.360 e. The van der Waals surface area contributed by atoms with Crippen LogP contribution in [0.25, 0.3) is 0 Å². The van der Waals surface area contributed by atoms with Gasteiger partial charge in [-0.3, -0.25) is 0 Å². The topological polar surface area (TPSA) is 77.7 Å². The summed E-state index contributed by atoms with van der Waals surface area (Å²) >= 11 is 0. The lowest BCUT2D eigenvalue weighted by molar-refractivity contribution is -0.162. The van der Waals surface area contributed by atoms with Crippen LogP contribution in [0.1, 0.15) is 47.8 Å². The predicted octanol–water partition coefficient (Wildman–Crippen LogP) is 2.65. The van der Waals surface area contributed by atoms with Crippen LogP contribution in [0, 0.1) is 0 Å². The Hall–Kier alpha value is -2.83. The number of nitrogens with one attached hydrogen (secondary N) is 1. The molecule has 0 amide bonds. The molecule has 5 rings (SSSR count). The number of ether oxygens (including phenoxy) is 2. The molecular formula is C22H26N4O3. The molecule has 2 aliphatic carbocycles. The first-order valence-corrected chi connectivity index (χ1v) is 10.4. The number of esters is 1. The number of fused-ring (bicyclic) bond motifs is 2. The maximum atomic E-state index is 12.9. The zero-order chi connectivity index (χ0) is 20.0. The van der Waals surface area contributed by atoms with E-state index >= 15 is 0 Å². The normalized spacial score (nSPS) is 22.1. The van der Waals surface area contributed by atoms with Gasteiger partial charge in [-0.1, -0.05) is 6.07 Å². The minimum absolute atomic E-state index is 0.149. The third-order valence-electron chi connectivity index (χ3n) is 6.21. The second kappa shape index (κ2) is 6.90. The molecule has 1 atom stereocenters. The number of amidine groups is 1. The molecule has 1 N–H and O–H groups in total. The van der Waals surface area contributed by atoms with Crippen molar-refractivity contribution in [3.05, 3.63) is 46.5 Å². The second-order valence-corrected chi connectivity index (χ2v) is 7.99. The van der Waals surface area contributed by atoms with Crippen LogP contribution in [0.5, 0.6) is 0 Å². The van der Waals surface area contributed by atoms with E-state index in [0.717, 1.165) is 31.4 Å². The van der Waals surface area contributed by atoms with Crippen molar-refractivity contribution in [2.45, 2.75) is 51.0 Å². The molecule has 2 aromatic rings. The van der Waals surface area contributed by atoms with Crippen LogP contribution in [-0.4, -0.2) is 34.7 Å². The Morgan fingerprint density at radius 3 is 2.59 bits per heavy atom. The number of hydrogen-bond acceptors (Lipinski definition) is 6. The van der Waals surface area contributed by atoms with Crippen LogP contribution in [0.2, 0.25) is 0 Å². The van der Waals surface area contributed by atoms with Crippen LogP contribution in [0.15, 0.2) is 23.5 Å². The average Bonchev–Trinajstić information content (AvgIpc) is 3.48. The van der Waals surface area contributed by atoms with Crippen LogP contribution >= 0.6 is 0 Å². The molecule has 1 aromatic carbocycles. The van der Waals surface area contributed by atoms with Gasteiger partial charge < -0.3 is 19.4 Å². The molecule has 0 radical (unpaired) electrons. The highest BCUT2D eigenvalue weighted by Crippen LogP contribution is 2.40. The lowest BCUT2D eigenvalue weighted by Gasteiger charge is -2.26. The van der Waals surface area contributed by atoms with E-state index in [4.69, 9.17) is 9.47 Å². The number of aryl methyl sites for hydroxylation is 3. The van der Waals surface area contributed by atoms with Crippen molar-refractivity contribution < 1.29 is 14.3 Å². The number of aromatic nitrogens is 2. The molecular weight excluding hydrogens is 368 g/mol. The summed E-state index contributed by atoms with van der Waals surface area (Å²) in [7, 11) is 1.84. The van der Waals surface area contributed by atoms with Gasteiger partial charge >= 0.3 is 5.97 Å². The van der Waals surface area contributed by atoms with Crippen molar-refractivity contribution in [3.8, 4) is 0 Å². The molecule has 2 heterocycles. The van der Waals surface area contributed by atoms with Gasteiger partial charge in [0.15, 0.2) is 5.82 Å². The van der Waals surface area contributed by atoms with Gasteiger partial charge in [-0.2, -0.15) is 0 Å². The molecule has 7 nitrogen and oxygen atoms in total. The highest BCUT2D eigenvalue weighted by molar-refractivity contribution is 5.96. The summed E-state index contributed by atoms with van der Waals surface area (Å²) in [5.41, 5.74) is 5.42. The van der Waals surface area contributed by atoms with E-state index in [1.807, 2.05) is 7.05 Å². The first-order chi connectivity index (χ1) is 14.1. The predicted molar refractivity (Wildman–Crippen MR) is 109 cm³/mol. The molecule has 152 valence electrons. The summed E-state index contributed by atoms with van der Waals surface area (Å²) in [6, 6.07) is 2.76. The standard InChI is InChI=1S/C22H26N4O3/c1-3-28-20(27)22(19-23-10-11-26(19)2)13-24-21(29-22)25-18-16-8-4-6-14(16)12-15-7-5-9-17(15)18/h10-12H,3-9,13H2,1-2H3,(H,24,25)/t22-/m0/s1. The Kier molecular flexibility index (Phi) is 4.33. The van der Waals surface area contributed by atoms with Gasteiger partial charge in [-0.25, -0.2) is 14.8 Å². The molecule has 0 spiro atoms. The Labute approximate surface area is 170 Å². The van der Waals surface area contributed by atoms with Crippen molar-refractivity contribution in [1.82, 2.24) is 9.55 Å². The van der Waals surface area contributed by atoms with Crippen LogP contribution < -0.4 is 5.32 Å². The summed E-state index contributed by atoms with van der Waals surface area (Å²) in [4.78, 5) is 21.8. The van der Waals surface area contributed by atoms with Gasteiger partial charge in [0.05, 0.1) is 6.61 Å². The van der Waals surface area contributed by atoms with E-state index in [1.165, 1.54) is 35.1 Å². The van der Waals surface area contributed by atoms with Crippen molar-refractivity contribution in [3.63, 3.8) is 0 Å². The number of aliphatic imine (C=N–C) groups is 1. The quantitative estimate of drug-likeness (QED) is 0.807. The second-order valence-electron chi connectivity index (χ2n) is 7.99. The van der Waals surface area contributed by atoms with Gasteiger partial charge in [0, 0.05) is 25.1 Å². The Morgan fingerprint density at radius 1 is 1.24 bits per heavy atom. The summed E-state index contributed by atoms with van der Waals surface area (Å²) in [5, 5.41) is 3.46. The third-order valence-corrected chi connectivity index (χ3v) is 6.21. The van der Waals surface area contributed by atoms with E-state index in [-0.39, 0.29) is 13.2 Å². The maximum absolute atomic E-state index is 12.9. The van der Waals surface area contributed by atoms with Crippen molar-refractivity contribution in [2.24, 2.45) is 12.0 Å². The minimum atomic E-state index is -1.35. The molecule has 3 aliphatic rings. The summed E-state index contributed by atoms with van der Waals surface area (Å²) in [5.74, 6) is 0.0402. The number of carbonyl (C=O) groups excluding carboxylic acids is 1. The lowest BCUT2D eigenvalue weighted by Crippen LogP contribution is -2.43. The van der Waals surface area contributed by atoms with Crippen molar-refractivity contribution >= 4 is 17.7 Å². The number of benzene rings is 1. The number of carbonyl (C=O) groups is 1. The summed E-state index contributed by atoms with van der Waals surface area (Å²) in [6.07, 6.45) is 10.2. The van der Waals surface area contributed by atoms with Gasteiger partial charge in [-0.05, 0) is 67.7 Å². The van der Waals surface area contributed by atoms with Gasteiger partial charge in [0.1, 0.15) is 6.54 Å². The van der Waals surface area contributed by atoms with Crippen molar-refractivity contribution in [1.29, 1.82) is 0 Å². The van der Waals surface area contributed by atoms with E-state index in [2.05, 4.69) is 21.4 Å². The molecule has 0 saturated heterocycles. The fourth-order valence-corrected chi connectivity index (χ4v) is 4.87. The summed E-state index contributed by atoms with van der Waals surface area (Å²) in [6.45, 7) is 2.21. The summed E-state index contributed by atoms with van der Waals surface area (Å²) < 4.78 is 13.3. The Balaban J connectivity index is 1.48. The van der Waals surface area contributed by atoms with Gasteiger partial charge in [0.25, 0.3) is 11.6 Å². The van der Waals surface area contributed by atoms with Gasteiger partial charge in [0.2, 0.25) is 0 Å². The van der Waals surface area contributed by atoms with E-state index < -0.39 is 11.6 Å². The monoisotopic (exact) mass is 394 g/mol. The number of hydrogen-bond donors (Lipinski definition) is 1. The third kappa shape index (κ3) is 2.82. The van der Waals surface area contributed by atoms with Crippen LogP contribution in [0.3, 0.4) is 0 Å². The fraction of sp³-hybridized carbons (Fsp3) is 0.500. The fourth-order valence-electron chi connectivity index (χ4n) is 4.87. The molecule has 0 unspecified atom stereocenters. The first-order valence-electron chi connectivity index (χ1n) is 10.4. The molecule has 1 aliphatic heterocycles. The van der Waals surface area contributed by atoms with Crippen LogP contribution in [-0.2, 0) is 52.6 Å². The Morgan fingerprint density at radius 2 is 1.97 bits per heavy atom. The zero-order valence-corrected chi connectivity index (χ0v) is 17.0. The first kappa shape index (κ1) is 18.2. The smallest absolute Gasteiger partial charge is 0.360 e. The Bertz CT molecular complexity index is 977. The van der Waals surface area contributed by atoms with Gasteiger partial charge in [-0.15, -0.1) is 0 Å².